The summed E-state index contributed by atoms with van der Waals surface area (Å²) in [4.78, 5) is 14.4. The summed E-state index contributed by atoms with van der Waals surface area (Å²) in [5.41, 5.74) is 0. The Morgan fingerprint density at radius 3 is 2.72 bits per heavy atom. The minimum absolute atomic E-state index is 0.172. The summed E-state index contributed by atoms with van der Waals surface area (Å²) in [7, 11) is 0. The standard InChI is InChI=1S/C18H24Cl2N2O2S/c19-15-4-3-14(12-16(15)20)24-13-5-8-22(9-6-13)10-7-21-18(23)17-2-1-11-25-17/h3-4,12-13,17H,1-2,5-11H2,(H,21,23). The number of nitrogens with zero attached hydrogens (tertiary/aromatic N) is 1. The van der Waals surface area contributed by atoms with E-state index in [9.17, 15) is 4.79 Å². The molecule has 1 amide bonds. The van der Waals surface area contributed by atoms with Gasteiger partial charge in [-0.15, -0.1) is 11.8 Å². The topological polar surface area (TPSA) is 41.6 Å². The molecule has 1 N–H and O–H groups in total. The highest BCUT2D eigenvalue weighted by Gasteiger charge is 2.24. The van der Waals surface area contributed by atoms with Crippen molar-refractivity contribution in [3.63, 3.8) is 0 Å². The van der Waals surface area contributed by atoms with Gasteiger partial charge in [-0.1, -0.05) is 23.2 Å². The number of thioether (sulfide) groups is 1. The van der Waals surface area contributed by atoms with Gasteiger partial charge in [-0.3, -0.25) is 4.79 Å². The van der Waals surface area contributed by atoms with Crippen LogP contribution in [0.15, 0.2) is 18.2 Å². The van der Waals surface area contributed by atoms with Crippen LogP contribution in [-0.2, 0) is 4.79 Å². The fourth-order valence-electron chi connectivity index (χ4n) is 3.23. The molecule has 1 unspecified atom stereocenters. The van der Waals surface area contributed by atoms with Gasteiger partial charge >= 0.3 is 0 Å². The van der Waals surface area contributed by atoms with Crippen molar-refractivity contribution < 1.29 is 9.53 Å². The molecular weight excluding hydrogens is 379 g/mol. The zero-order valence-corrected chi connectivity index (χ0v) is 16.5. The number of halogens is 2. The third-order valence-electron chi connectivity index (χ3n) is 4.68. The van der Waals surface area contributed by atoms with E-state index in [0.29, 0.717) is 10.0 Å². The normalized spacial score (nSPS) is 22.1. The van der Waals surface area contributed by atoms with Gasteiger partial charge in [0.05, 0.1) is 15.3 Å². The number of amides is 1. The molecule has 1 aromatic rings. The Balaban J connectivity index is 1.34. The molecule has 2 aliphatic heterocycles. The highest BCUT2D eigenvalue weighted by Crippen LogP contribution is 2.28. The van der Waals surface area contributed by atoms with Crippen LogP contribution in [0.25, 0.3) is 0 Å². The van der Waals surface area contributed by atoms with Gasteiger partial charge in [0.25, 0.3) is 0 Å². The monoisotopic (exact) mass is 402 g/mol. The molecule has 2 saturated heterocycles. The van der Waals surface area contributed by atoms with Gasteiger partial charge in [0.15, 0.2) is 0 Å². The highest BCUT2D eigenvalue weighted by atomic mass is 35.5. The number of hydrogen-bond acceptors (Lipinski definition) is 4. The van der Waals surface area contributed by atoms with Crippen LogP contribution < -0.4 is 10.1 Å². The van der Waals surface area contributed by atoms with Crippen molar-refractivity contribution in [2.24, 2.45) is 0 Å². The fourth-order valence-corrected chi connectivity index (χ4v) is 4.70. The molecule has 2 heterocycles. The smallest absolute Gasteiger partial charge is 0.233 e. The van der Waals surface area contributed by atoms with Crippen LogP contribution in [0.2, 0.25) is 10.0 Å². The zero-order valence-electron chi connectivity index (χ0n) is 14.2. The number of piperidine rings is 1. The maximum absolute atomic E-state index is 12.0. The first-order valence-corrected chi connectivity index (χ1v) is 10.7. The second kappa shape index (κ2) is 9.36. The van der Waals surface area contributed by atoms with Gasteiger partial charge in [-0.2, -0.15) is 0 Å². The Hall–Kier alpha value is -0.620. The molecule has 0 radical (unpaired) electrons. The summed E-state index contributed by atoms with van der Waals surface area (Å²) in [5.74, 6) is 2.10. The average Bonchev–Trinajstić information content (AvgIpc) is 3.14. The molecule has 1 aromatic carbocycles. The number of hydrogen-bond donors (Lipinski definition) is 1. The maximum atomic E-state index is 12.0. The summed E-state index contributed by atoms with van der Waals surface area (Å²) in [6.45, 7) is 3.61. The van der Waals surface area contributed by atoms with Crippen molar-refractivity contribution in [3.8, 4) is 5.75 Å². The van der Waals surface area contributed by atoms with Crippen molar-refractivity contribution in [2.75, 3.05) is 31.9 Å². The lowest BCUT2D eigenvalue weighted by Gasteiger charge is -2.32. The summed E-state index contributed by atoms with van der Waals surface area (Å²) in [6, 6.07) is 5.39. The second-order valence-corrected chi connectivity index (χ2v) is 8.65. The number of nitrogens with one attached hydrogen (secondary N) is 1. The molecule has 3 rings (SSSR count). The van der Waals surface area contributed by atoms with E-state index in [-0.39, 0.29) is 17.3 Å². The van der Waals surface area contributed by atoms with E-state index in [1.165, 1.54) is 0 Å². The Labute approximate surface area is 163 Å². The Morgan fingerprint density at radius 1 is 1.24 bits per heavy atom. The third-order valence-corrected chi connectivity index (χ3v) is 6.79. The summed E-state index contributed by atoms with van der Waals surface area (Å²) >= 11 is 13.7. The first-order chi connectivity index (χ1) is 12.1. The predicted molar refractivity (Wildman–Crippen MR) is 105 cm³/mol. The Kier molecular flexibility index (Phi) is 7.17. The van der Waals surface area contributed by atoms with Crippen molar-refractivity contribution in [1.29, 1.82) is 0 Å². The van der Waals surface area contributed by atoms with E-state index in [0.717, 1.165) is 63.4 Å². The Morgan fingerprint density at radius 2 is 2.04 bits per heavy atom. The molecule has 2 aliphatic rings. The molecule has 1 atom stereocenters. The fraction of sp³-hybridized carbons (Fsp3) is 0.611. The molecule has 4 nitrogen and oxygen atoms in total. The van der Waals surface area contributed by atoms with Crippen LogP contribution in [0, 0.1) is 0 Å². The van der Waals surface area contributed by atoms with Gasteiger partial charge < -0.3 is 15.0 Å². The first-order valence-electron chi connectivity index (χ1n) is 8.85. The van der Waals surface area contributed by atoms with Gasteiger partial charge in [0, 0.05) is 32.2 Å². The second-order valence-electron chi connectivity index (χ2n) is 6.53. The molecule has 25 heavy (non-hydrogen) atoms. The zero-order chi connectivity index (χ0) is 17.6. The molecule has 138 valence electrons. The number of likely N-dealkylation sites (tertiary alicyclic amines) is 1. The van der Waals surface area contributed by atoms with E-state index in [1.807, 2.05) is 6.07 Å². The van der Waals surface area contributed by atoms with Crippen LogP contribution in [0.1, 0.15) is 25.7 Å². The number of ether oxygens (including phenoxy) is 1. The van der Waals surface area contributed by atoms with Crippen molar-refractivity contribution in [3.05, 3.63) is 28.2 Å². The molecule has 7 heteroatoms. The van der Waals surface area contributed by atoms with Crippen molar-refractivity contribution in [1.82, 2.24) is 10.2 Å². The lowest BCUT2D eigenvalue weighted by atomic mass is 10.1. The molecule has 0 spiro atoms. The Bertz CT molecular complexity index is 588. The molecule has 0 bridgehead atoms. The lowest BCUT2D eigenvalue weighted by Crippen LogP contribution is -2.43. The van der Waals surface area contributed by atoms with Crippen LogP contribution in [0.5, 0.6) is 5.75 Å². The lowest BCUT2D eigenvalue weighted by molar-refractivity contribution is -0.120. The van der Waals surface area contributed by atoms with Gasteiger partial charge in [-0.25, -0.2) is 0 Å². The van der Waals surface area contributed by atoms with Crippen LogP contribution in [0.3, 0.4) is 0 Å². The molecule has 0 saturated carbocycles. The van der Waals surface area contributed by atoms with E-state index in [4.69, 9.17) is 27.9 Å². The SMILES string of the molecule is O=C(NCCN1CCC(Oc2ccc(Cl)c(Cl)c2)CC1)C1CCCS1. The van der Waals surface area contributed by atoms with Gasteiger partial charge in [0.2, 0.25) is 5.91 Å². The minimum Gasteiger partial charge on any atom is -0.490 e. The molecule has 0 aromatic heterocycles. The van der Waals surface area contributed by atoms with Gasteiger partial charge in [0.1, 0.15) is 11.9 Å². The van der Waals surface area contributed by atoms with Crippen LogP contribution in [-0.4, -0.2) is 54.1 Å². The molecular formula is C18H24Cl2N2O2S. The minimum atomic E-state index is 0.172. The van der Waals surface area contributed by atoms with E-state index >= 15 is 0 Å². The number of rotatable bonds is 6. The quantitative estimate of drug-likeness (QED) is 0.784. The average molecular weight is 403 g/mol. The summed E-state index contributed by atoms with van der Waals surface area (Å²) < 4.78 is 6.01. The predicted octanol–water partition coefficient (Wildman–Crippen LogP) is 3.85. The van der Waals surface area contributed by atoms with E-state index in [2.05, 4.69) is 10.2 Å². The third kappa shape index (κ3) is 5.68. The number of benzene rings is 1. The maximum Gasteiger partial charge on any atom is 0.233 e. The van der Waals surface area contributed by atoms with Gasteiger partial charge in [-0.05, 0) is 43.6 Å². The largest absolute Gasteiger partial charge is 0.490 e. The number of carbonyl (C=O) groups excluding carboxylic acids is 1. The molecule has 2 fully saturated rings. The summed E-state index contributed by atoms with van der Waals surface area (Å²) in [6.07, 6.45) is 4.35. The summed E-state index contributed by atoms with van der Waals surface area (Å²) in [5, 5.41) is 4.31. The van der Waals surface area contributed by atoms with E-state index in [1.54, 1.807) is 23.9 Å². The van der Waals surface area contributed by atoms with E-state index < -0.39 is 0 Å². The van der Waals surface area contributed by atoms with Crippen LogP contribution >= 0.6 is 35.0 Å². The van der Waals surface area contributed by atoms with Crippen LogP contribution in [0.4, 0.5) is 0 Å². The number of carbonyl (C=O) groups is 1. The van der Waals surface area contributed by atoms with Crippen molar-refractivity contribution >= 4 is 40.9 Å². The van der Waals surface area contributed by atoms with Crippen molar-refractivity contribution in [2.45, 2.75) is 37.0 Å². The molecule has 0 aliphatic carbocycles. The highest BCUT2D eigenvalue weighted by molar-refractivity contribution is 8.00. The first kappa shape index (κ1) is 19.2.